The molecule has 5 nitrogen and oxygen atoms in total. The Morgan fingerprint density at radius 3 is 2.95 bits per heavy atom. The smallest absolute Gasteiger partial charge is 0.397 e. The van der Waals surface area contributed by atoms with Crippen molar-refractivity contribution in [2.24, 2.45) is 0 Å². The number of rotatable bonds is 3. The van der Waals surface area contributed by atoms with Gasteiger partial charge in [-0.1, -0.05) is 0 Å². The highest BCUT2D eigenvalue weighted by atomic mass is 19.4. The molecule has 110 valence electrons. The van der Waals surface area contributed by atoms with Gasteiger partial charge in [0.15, 0.2) is 0 Å². The number of alkyl halides is 3. The van der Waals surface area contributed by atoms with Gasteiger partial charge in [0, 0.05) is 25.2 Å². The number of ether oxygens (including phenoxy) is 1. The van der Waals surface area contributed by atoms with Crippen molar-refractivity contribution >= 4 is 5.91 Å². The summed E-state index contributed by atoms with van der Waals surface area (Å²) >= 11 is 0. The van der Waals surface area contributed by atoms with Crippen LogP contribution in [0.25, 0.3) is 0 Å². The summed E-state index contributed by atoms with van der Waals surface area (Å²) in [6, 6.07) is 1.58. The van der Waals surface area contributed by atoms with Crippen molar-refractivity contribution < 1.29 is 22.7 Å². The molecule has 0 radical (unpaired) electrons. The van der Waals surface area contributed by atoms with Gasteiger partial charge < -0.3 is 9.64 Å². The maximum absolute atomic E-state index is 12.2. The van der Waals surface area contributed by atoms with E-state index in [0.717, 1.165) is 0 Å². The molecule has 0 aromatic carbocycles. The zero-order chi connectivity index (χ0) is 14.8. The van der Waals surface area contributed by atoms with Crippen molar-refractivity contribution in [2.75, 3.05) is 13.1 Å². The van der Waals surface area contributed by atoms with Crippen LogP contribution in [-0.4, -0.2) is 46.1 Å². The maximum atomic E-state index is 12.2. The fraction of sp³-hybridized carbons (Fsp3) is 0.583. The molecule has 1 unspecified atom stereocenters. The second-order valence-electron chi connectivity index (χ2n) is 4.60. The van der Waals surface area contributed by atoms with Crippen LogP contribution in [0.15, 0.2) is 12.3 Å². The number of hydrogen-bond acceptors (Lipinski definition) is 4. The molecule has 1 atom stereocenters. The maximum Gasteiger partial charge on any atom is 0.397 e. The van der Waals surface area contributed by atoms with Crippen LogP contribution in [-0.2, 0) is 4.79 Å². The number of likely N-dealkylation sites (tertiary alicyclic amines) is 1. The van der Waals surface area contributed by atoms with Crippen molar-refractivity contribution in [1.29, 1.82) is 0 Å². The normalized spacial score (nSPS) is 19.2. The number of hydrogen-bond donors (Lipinski definition) is 0. The number of aromatic nitrogens is 2. The second-order valence-corrected chi connectivity index (χ2v) is 4.60. The van der Waals surface area contributed by atoms with Gasteiger partial charge >= 0.3 is 6.18 Å². The van der Waals surface area contributed by atoms with Crippen LogP contribution in [0.1, 0.15) is 18.7 Å². The SMILES string of the molecule is Cc1nccc(OC2CCN(C(=O)CC(F)(F)F)C2)n1. The number of halogens is 3. The van der Waals surface area contributed by atoms with Crippen LogP contribution in [0.4, 0.5) is 13.2 Å². The molecule has 0 bridgehead atoms. The minimum absolute atomic E-state index is 0.151. The summed E-state index contributed by atoms with van der Waals surface area (Å²) in [7, 11) is 0. The highest BCUT2D eigenvalue weighted by Gasteiger charge is 2.36. The fourth-order valence-corrected chi connectivity index (χ4v) is 2.01. The van der Waals surface area contributed by atoms with Gasteiger partial charge in [0.25, 0.3) is 0 Å². The molecule has 1 aromatic rings. The Hall–Kier alpha value is -1.86. The molecule has 1 aliphatic rings. The van der Waals surface area contributed by atoms with Crippen LogP contribution in [0.3, 0.4) is 0 Å². The summed E-state index contributed by atoms with van der Waals surface area (Å²) in [5, 5.41) is 0. The third-order valence-electron chi connectivity index (χ3n) is 2.89. The van der Waals surface area contributed by atoms with E-state index in [0.29, 0.717) is 18.1 Å². The highest BCUT2D eigenvalue weighted by molar-refractivity contribution is 5.77. The molecule has 0 N–H and O–H groups in total. The van der Waals surface area contributed by atoms with Crippen LogP contribution in [0.5, 0.6) is 5.88 Å². The Bertz CT molecular complexity index is 493. The summed E-state index contributed by atoms with van der Waals surface area (Å²) < 4.78 is 42.0. The summed E-state index contributed by atoms with van der Waals surface area (Å²) in [6.45, 7) is 2.13. The standard InChI is InChI=1S/C12H14F3N3O2/c1-8-16-4-2-10(17-8)20-9-3-5-18(7-9)11(19)6-12(13,14)15/h2,4,9H,3,5-7H2,1H3. The predicted molar refractivity (Wildman–Crippen MR) is 63.1 cm³/mol. The van der Waals surface area contributed by atoms with E-state index < -0.39 is 18.5 Å². The number of nitrogens with zero attached hydrogens (tertiary/aromatic N) is 3. The van der Waals surface area contributed by atoms with Gasteiger partial charge in [-0.3, -0.25) is 4.79 Å². The quantitative estimate of drug-likeness (QED) is 0.850. The summed E-state index contributed by atoms with van der Waals surface area (Å²) in [4.78, 5) is 20.6. The lowest BCUT2D eigenvalue weighted by molar-refractivity contribution is -0.160. The first kappa shape index (κ1) is 14.5. The van der Waals surface area contributed by atoms with Crippen molar-refractivity contribution in [3.8, 4) is 5.88 Å². The number of carbonyl (C=O) groups excluding carboxylic acids is 1. The lowest BCUT2D eigenvalue weighted by Crippen LogP contribution is -2.34. The van der Waals surface area contributed by atoms with E-state index in [2.05, 4.69) is 9.97 Å². The van der Waals surface area contributed by atoms with Gasteiger partial charge in [0.05, 0.1) is 6.54 Å². The predicted octanol–water partition coefficient (Wildman–Crippen LogP) is 1.72. The first-order chi connectivity index (χ1) is 9.33. The largest absolute Gasteiger partial charge is 0.472 e. The van der Waals surface area contributed by atoms with Gasteiger partial charge in [-0.25, -0.2) is 4.98 Å². The minimum Gasteiger partial charge on any atom is -0.472 e. The molecule has 1 fully saturated rings. The van der Waals surface area contributed by atoms with E-state index in [1.54, 1.807) is 19.2 Å². The van der Waals surface area contributed by atoms with Crippen molar-refractivity contribution in [2.45, 2.75) is 32.0 Å². The van der Waals surface area contributed by atoms with Crippen LogP contribution < -0.4 is 4.74 Å². The topological polar surface area (TPSA) is 55.3 Å². The molecule has 0 aliphatic carbocycles. The van der Waals surface area contributed by atoms with Gasteiger partial charge in [-0.05, 0) is 6.92 Å². The third-order valence-corrected chi connectivity index (χ3v) is 2.89. The summed E-state index contributed by atoms with van der Waals surface area (Å²) in [5.74, 6) is 0.000546. The Morgan fingerprint density at radius 1 is 1.55 bits per heavy atom. The zero-order valence-corrected chi connectivity index (χ0v) is 10.9. The van der Waals surface area contributed by atoms with Crippen molar-refractivity contribution in [1.82, 2.24) is 14.9 Å². The molecular formula is C12H14F3N3O2. The number of amides is 1. The lowest BCUT2D eigenvalue weighted by Gasteiger charge is -2.17. The molecule has 2 rings (SSSR count). The summed E-state index contributed by atoms with van der Waals surface area (Å²) in [5.41, 5.74) is 0. The molecule has 1 aliphatic heterocycles. The first-order valence-corrected chi connectivity index (χ1v) is 6.14. The molecule has 1 aromatic heterocycles. The zero-order valence-electron chi connectivity index (χ0n) is 10.9. The first-order valence-electron chi connectivity index (χ1n) is 6.14. The molecule has 0 spiro atoms. The Kier molecular flexibility index (Phi) is 4.10. The average molecular weight is 289 g/mol. The van der Waals surface area contributed by atoms with Gasteiger partial charge in [-0.15, -0.1) is 0 Å². The molecule has 20 heavy (non-hydrogen) atoms. The Balaban J connectivity index is 1.88. The lowest BCUT2D eigenvalue weighted by atomic mass is 10.3. The van der Waals surface area contributed by atoms with E-state index in [4.69, 9.17) is 4.74 Å². The van der Waals surface area contributed by atoms with Crippen molar-refractivity contribution in [3.63, 3.8) is 0 Å². The van der Waals surface area contributed by atoms with Gasteiger partial charge in [-0.2, -0.15) is 18.2 Å². The Labute approximate surface area is 113 Å². The minimum atomic E-state index is -4.47. The molecular weight excluding hydrogens is 275 g/mol. The van der Waals surface area contributed by atoms with Crippen LogP contribution in [0.2, 0.25) is 0 Å². The number of carbonyl (C=O) groups is 1. The molecule has 8 heteroatoms. The molecule has 1 saturated heterocycles. The molecule has 0 saturated carbocycles. The van der Waals surface area contributed by atoms with E-state index in [-0.39, 0.29) is 19.2 Å². The van der Waals surface area contributed by atoms with Gasteiger partial charge in [0.2, 0.25) is 11.8 Å². The number of aryl methyl sites for hydroxylation is 1. The average Bonchev–Trinajstić information content (AvgIpc) is 2.75. The second kappa shape index (κ2) is 5.64. The fourth-order valence-electron chi connectivity index (χ4n) is 2.01. The van der Waals surface area contributed by atoms with Gasteiger partial charge in [0.1, 0.15) is 18.3 Å². The highest BCUT2D eigenvalue weighted by Crippen LogP contribution is 2.23. The van der Waals surface area contributed by atoms with E-state index >= 15 is 0 Å². The van der Waals surface area contributed by atoms with E-state index in [1.807, 2.05) is 0 Å². The van der Waals surface area contributed by atoms with Crippen LogP contribution >= 0.6 is 0 Å². The van der Waals surface area contributed by atoms with E-state index in [1.165, 1.54) is 4.90 Å². The monoisotopic (exact) mass is 289 g/mol. The van der Waals surface area contributed by atoms with E-state index in [9.17, 15) is 18.0 Å². The van der Waals surface area contributed by atoms with Crippen LogP contribution in [0, 0.1) is 6.92 Å². The molecule has 1 amide bonds. The third kappa shape index (κ3) is 4.07. The summed E-state index contributed by atoms with van der Waals surface area (Å²) in [6.07, 6.45) is -4.20. The Morgan fingerprint density at radius 2 is 2.30 bits per heavy atom. The van der Waals surface area contributed by atoms with Crippen molar-refractivity contribution in [3.05, 3.63) is 18.1 Å². The molecule has 2 heterocycles.